The number of nitrogens with zero attached hydrogens (tertiary/aromatic N) is 1. The van der Waals surface area contributed by atoms with E-state index in [2.05, 4.69) is 34.6 Å². The van der Waals surface area contributed by atoms with Crippen LogP contribution >= 0.6 is 0 Å². The Kier molecular flexibility index (Phi) is 10.8. The van der Waals surface area contributed by atoms with Crippen LogP contribution < -0.4 is 0 Å². The molecule has 0 aliphatic carbocycles. The predicted octanol–water partition coefficient (Wildman–Crippen LogP) is 6.75. The summed E-state index contributed by atoms with van der Waals surface area (Å²) in [4.78, 5) is 0.418. The second kappa shape index (κ2) is 12.4. The molecule has 1 aliphatic rings. The average molecular weight is 558 g/mol. The van der Waals surface area contributed by atoms with Gasteiger partial charge < -0.3 is 0 Å². The zero-order valence-corrected chi connectivity index (χ0v) is 24.4. The molecule has 0 saturated carbocycles. The van der Waals surface area contributed by atoms with Crippen molar-refractivity contribution >= 4 is 28.4 Å². The molecule has 0 aromatic heterocycles. The van der Waals surface area contributed by atoms with Gasteiger partial charge in [0.1, 0.15) is 0 Å². The molecular weight excluding hydrogens is 513 g/mol. The summed E-state index contributed by atoms with van der Waals surface area (Å²) in [6.07, 6.45) is 7.11. The molecule has 1 saturated heterocycles. The third kappa shape index (κ3) is 6.48. The summed E-state index contributed by atoms with van der Waals surface area (Å²) in [6, 6.07) is 7.30. The first-order chi connectivity index (χ1) is 14.7. The zero-order valence-electron chi connectivity index (χ0n) is 20.7. The van der Waals surface area contributed by atoms with E-state index < -0.39 is 28.4 Å². The minimum absolute atomic E-state index is 0.0720. The predicted molar refractivity (Wildman–Crippen MR) is 133 cm³/mol. The molecule has 1 heterocycles. The Hall–Kier alpha value is -0.111. The van der Waals surface area contributed by atoms with E-state index in [-0.39, 0.29) is 16.2 Å². The van der Waals surface area contributed by atoms with Crippen molar-refractivity contribution < 1.29 is 13.2 Å². The SMILES string of the molecule is CCC[CH2][Sn]([CH2]CCC)([CH2]CCC)[C@@H]1OC[C@H](C(C)C)N1S(=O)(=O)c1ccc(C)cc1. The Bertz CT molecular complexity index is 742. The average Bonchev–Trinajstić information content (AvgIpc) is 3.21. The van der Waals surface area contributed by atoms with Crippen LogP contribution in [0.4, 0.5) is 0 Å². The van der Waals surface area contributed by atoms with Gasteiger partial charge in [0.25, 0.3) is 0 Å². The molecule has 1 aromatic rings. The number of rotatable bonds is 13. The zero-order chi connectivity index (χ0) is 23.1. The van der Waals surface area contributed by atoms with Crippen LogP contribution in [-0.4, -0.2) is 48.0 Å². The Labute approximate surface area is 196 Å². The van der Waals surface area contributed by atoms with Crippen LogP contribution in [0.25, 0.3) is 0 Å². The molecule has 178 valence electrons. The first-order valence-corrected chi connectivity index (χ1v) is 21.6. The minimum atomic E-state index is -3.60. The maximum atomic E-state index is 14.0. The third-order valence-electron chi connectivity index (χ3n) is 6.96. The topological polar surface area (TPSA) is 46.6 Å². The molecule has 0 amide bonds. The van der Waals surface area contributed by atoms with Crippen molar-refractivity contribution in [3.8, 4) is 0 Å². The molecule has 2 rings (SSSR count). The van der Waals surface area contributed by atoms with Gasteiger partial charge in [-0.2, -0.15) is 0 Å². The second-order valence-electron chi connectivity index (χ2n) is 9.82. The number of benzene rings is 1. The van der Waals surface area contributed by atoms with E-state index in [1.807, 2.05) is 23.4 Å². The maximum absolute atomic E-state index is 14.0. The third-order valence-corrected chi connectivity index (χ3v) is 25.2. The van der Waals surface area contributed by atoms with Crippen molar-refractivity contribution in [1.29, 1.82) is 0 Å². The number of hydrogen-bond donors (Lipinski definition) is 0. The van der Waals surface area contributed by atoms with Crippen LogP contribution in [0.1, 0.15) is 78.7 Å². The Morgan fingerprint density at radius 2 is 1.45 bits per heavy atom. The second-order valence-corrected chi connectivity index (χ2v) is 25.1. The van der Waals surface area contributed by atoms with E-state index in [9.17, 15) is 8.42 Å². The van der Waals surface area contributed by atoms with Gasteiger partial charge in [-0.05, 0) is 0 Å². The molecule has 1 fully saturated rings. The van der Waals surface area contributed by atoms with E-state index in [0.29, 0.717) is 11.5 Å². The Morgan fingerprint density at radius 1 is 0.968 bits per heavy atom. The summed E-state index contributed by atoms with van der Waals surface area (Å²) < 4.78 is 40.0. The van der Waals surface area contributed by atoms with Gasteiger partial charge in [0.15, 0.2) is 0 Å². The number of aryl methyl sites for hydroxylation is 1. The molecule has 1 aliphatic heterocycles. The summed E-state index contributed by atoms with van der Waals surface area (Å²) in [5, 5.41) is 0. The van der Waals surface area contributed by atoms with Gasteiger partial charge in [-0.3, -0.25) is 0 Å². The van der Waals surface area contributed by atoms with Crippen LogP contribution in [-0.2, 0) is 14.8 Å². The van der Waals surface area contributed by atoms with Gasteiger partial charge in [0, 0.05) is 0 Å². The molecule has 4 nitrogen and oxygen atoms in total. The Morgan fingerprint density at radius 3 is 1.87 bits per heavy atom. The van der Waals surface area contributed by atoms with Gasteiger partial charge in [0.2, 0.25) is 0 Å². The summed E-state index contributed by atoms with van der Waals surface area (Å²) >= 11 is -2.97. The van der Waals surface area contributed by atoms with Crippen molar-refractivity contribution in [3.05, 3.63) is 29.8 Å². The van der Waals surface area contributed by atoms with E-state index >= 15 is 0 Å². The fourth-order valence-electron chi connectivity index (χ4n) is 4.91. The molecule has 6 heteroatoms. The summed E-state index contributed by atoms with van der Waals surface area (Å²) in [7, 11) is -3.60. The number of sulfonamides is 1. The fraction of sp³-hybridized carbons (Fsp3) is 0.760. The standard InChI is InChI=1S/C13H18NO3S.3C4H9.Sn/c1-10(2)13-8-17-9-14(13)18(15,16)12-6-4-11(3)5-7-12;3*1-3-4-2;/h4-7,9-10,13H,8H2,1-3H3;3*1,3-4H2,2H3;/t13-;;;;/m1..../s1. The van der Waals surface area contributed by atoms with Gasteiger partial charge in [-0.15, -0.1) is 0 Å². The van der Waals surface area contributed by atoms with Crippen LogP contribution in [0.3, 0.4) is 0 Å². The summed E-state index contributed by atoms with van der Waals surface area (Å²) in [5.74, 6) is 0.234. The van der Waals surface area contributed by atoms with Crippen molar-refractivity contribution in [2.75, 3.05) is 6.61 Å². The van der Waals surface area contributed by atoms with Crippen molar-refractivity contribution in [2.45, 2.75) is 109 Å². The molecule has 0 spiro atoms. The normalized spacial score (nSPS) is 20.6. The van der Waals surface area contributed by atoms with E-state index in [4.69, 9.17) is 4.74 Å². The molecule has 0 radical (unpaired) electrons. The number of hydrogen-bond acceptors (Lipinski definition) is 3. The van der Waals surface area contributed by atoms with E-state index in [1.165, 1.54) is 51.8 Å². The van der Waals surface area contributed by atoms with Gasteiger partial charge >= 0.3 is 197 Å². The monoisotopic (exact) mass is 559 g/mol. The molecule has 2 atom stereocenters. The van der Waals surface area contributed by atoms with E-state index in [0.717, 1.165) is 5.56 Å². The van der Waals surface area contributed by atoms with Crippen molar-refractivity contribution in [1.82, 2.24) is 4.31 Å². The van der Waals surface area contributed by atoms with E-state index in [1.54, 1.807) is 12.1 Å². The first kappa shape index (κ1) is 27.1. The molecule has 1 aromatic carbocycles. The van der Waals surface area contributed by atoms with Crippen molar-refractivity contribution in [2.24, 2.45) is 5.92 Å². The fourth-order valence-corrected chi connectivity index (χ4v) is 26.0. The summed E-state index contributed by atoms with van der Waals surface area (Å²) in [6.45, 7) is 13.6. The quantitative estimate of drug-likeness (QED) is 0.252. The molecule has 0 bridgehead atoms. The van der Waals surface area contributed by atoms with Crippen LogP contribution in [0.15, 0.2) is 29.2 Å². The molecular formula is C25H45NO3SSn. The molecule has 31 heavy (non-hydrogen) atoms. The van der Waals surface area contributed by atoms with Gasteiger partial charge in [-0.25, -0.2) is 0 Å². The van der Waals surface area contributed by atoms with Crippen LogP contribution in [0.2, 0.25) is 13.3 Å². The van der Waals surface area contributed by atoms with Crippen LogP contribution in [0.5, 0.6) is 0 Å². The Balaban J connectivity index is 2.56. The van der Waals surface area contributed by atoms with Crippen LogP contribution in [0, 0.1) is 12.8 Å². The van der Waals surface area contributed by atoms with Gasteiger partial charge in [-0.1, -0.05) is 0 Å². The molecule has 0 N–H and O–H groups in total. The number of ether oxygens (including phenoxy) is 1. The first-order valence-electron chi connectivity index (χ1n) is 12.4. The number of unbranched alkanes of at least 4 members (excludes halogenated alkanes) is 3. The van der Waals surface area contributed by atoms with Gasteiger partial charge in [0.05, 0.1) is 0 Å². The molecule has 0 unspecified atom stereocenters. The van der Waals surface area contributed by atoms with Crippen molar-refractivity contribution in [3.63, 3.8) is 0 Å². The summed E-state index contributed by atoms with van der Waals surface area (Å²) in [5.41, 5.74) is 1.08.